The first kappa shape index (κ1) is 17.0. The summed E-state index contributed by atoms with van der Waals surface area (Å²) in [6.07, 6.45) is 0.0571. The number of ether oxygens (including phenoxy) is 2. The third-order valence-corrected chi connectivity index (χ3v) is 3.40. The summed E-state index contributed by atoms with van der Waals surface area (Å²) in [4.78, 5) is 23.9. The van der Waals surface area contributed by atoms with Gasteiger partial charge in [0.15, 0.2) is 0 Å². The van der Waals surface area contributed by atoms with Gasteiger partial charge in [0.2, 0.25) is 0 Å². The van der Waals surface area contributed by atoms with Crippen LogP contribution in [0, 0.1) is 10.1 Å². The second-order valence-electron chi connectivity index (χ2n) is 5.49. The van der Waals surface area contributed by atoms with Crippen LogP contribution in [-0.4, -0.2) is 54.3 Å². The molecule has 2 rings (SSSR count). The topological polar surface area (TPSA) is 93.9 Å². The summed E-state index contributed by atoms with van der Waals surface area (Å²) < 4.78 is 11.0. The molecule has 1 fully saturated rings. The van der Waals surface area contributed by atoms with Crippen LogP contribution in [0.3, 0.4) is 0 Å². The molecule has 1 N–H and O–H groups in total. The molecule has 8 heteroatoms. The van der Waals surface area contributed by atoms with Crippen molar-refractivity contribution in [3.8, 4) is 5.75 Å². The van der Waals surface area contributed by atoms with Crippen molar-refractivity contribution in [1.82, 2.24) is 10.2 Å². The molecule has 0 saturated carbocycles. The highest BCUT2D eigenvalue weighted by Gasteiger charge is 2.25. The first-order valence-electron chi connectivity index (χ1n) is 7.51. The number of non-ortho nitro benzene ring substituents is 1. The summed E-state index contributed by atoms with van der Waals surface area (Å²) in [5.41, 5.74) is 0.0150. The molecule has 1 aliphatic heterocycles. The van der Waals surface area contributed by atoms with Crippen LogP contribution < -0.4 is 10.1 Å². The number of nitro groups is 1. The molecule has 0 radical (unpaired) electrons. The van der Waals surface area contributed by atoms with E-state index in [0.717, 1.165) is 0 Å². The molecule has 1 aromatic rings. The maximum atomic E-state index is 12.0. The lowest BCUT2D eigenvalue weighted by Crippen LogP contribution is -2.52. The second kappa shape index (κ2) is 7.77. The first-order valence-corrected chi connectivity index (χ1v) is 7.51. The Bertz CT molecular complexity index is 539. The van der Waals surface area contributed by atoms with E-state index in [1.165, 1.54) is 24.3 Å². The van der Waals surface area contributed by atoms with Crippen LogP contribution in [-0.2, 0) is 4.74 Å². The molecule has 23 heavy (non-hydrogen) atoms. The number of carbonyl (C=O) groups is 1. The molecule has 0 aromatic heterocycles. The van der Waals surface area contributed by atoms with Gasteiger partial charge in [0.05, 0.1) is 23.7 Å². The number of amides is 2. The molecule has 1 saturated heterocycles. The van der Waals surface area contributed by atoms with Crippen LogP contribution in [0.2, 0.25) is 0 Å². The van der Waals surface area contributed by atoms with Gasteiger partial charge in [-0.05, 0) is 26.0 Å². The number of nitrogens with zero attached hydrogens (tertiary/aromatic N) is 2. The van der Waals surface area contributed by atoms with Gasteiger partial charge in [0, 0.05) is 25.2 Å². The number of morpholine rings is 1. The van der Waals surface area contributed by atoms with Crippen molar-refractivity contribution < 1.29 is 19.2 Å². The van der Waals surface area contributed by atoms with Gasteiger partial charge >= 0.3 is 6.03 Å². The lowest BCUT2D eigenvalue weighted by atomic mass is 10.2. The molecule has 1 aromatic carbocycles. The van der Waals surface area contributed by atoms with Gasteiger partial charge < -0.3 is 19.7 Å². The average Bonchev–Trinajstić information content (AvgIpc) is 2.50. The number of rotatable bonds is 5. The Balaban J connectivity index is 1.70. The van der Waals surface area contributed by atoms with Crippen molar-refractivity contribution in [3.63, 3.8) is 0 Å². The normalized spacial score (nSPS) is 20.9. The fourth-order valence-corrected chi connectivity index (χ4v) is 2.45. The number of nitro benzene ring substituents is 1. The van der Waals surface area contributed by atoms with E-state index in [4.69, 9.17) is 9.47 Å². The van der Waals surface area contributed by atoms with Crippen LogP contribution in [0.4, 0.5) is 10.5 Å². The zero-order valence-corrected chi connectivity index (χ0v) is 13.2. The first-order chi connectivity index (χ1) is 11.0. The van der Waals surface area contributed by atoms with Gasteiger partial charge in [0.1, 0.15) is 12.4 Å². The standard InChI is InChI=1S/C15H21N3O5/c1-11-9-17(10-12(2)23-11)15(19)16-7-8-22-14-5-3-13(4-6-14)18(20)21/h3-6,11-12H,7-10H2,1-2H3,(H,16,19)/t11-,12-/m0/s1. The molecule has 0 spiro atoms. The minimum Gasteiger partial charge on any atom is -0.492 e. The lowest BCUT2D eigenvalue weighted by Gasteiger charge is -2.35. The van der Waals surface area contributed by atoms with Gasteiger partial charge in [-0.3, -0.25) is 10.1 Å². The van der Waals surface area contributed by atoms with Gasteiger partial charge in [0.25, 0.3) is 5.69 Å². The minimum atomic E-state index is -0.464. The van der Waals surface area contributed by atoms with Crippen LogP contribution in [0.25, 0.3) is 0 Å². The fourth-order valence-electron chi connectivity index (χ4n) is 2.45. The van der Waals surface area contributed by atoms with E-state index in [-0.39, 0.29) is 23.9 Å². The van der Waals surface area contributed by atoms with Crippen LogP contribution >= 0.6 is 0 Å². The van der Waals surface area contributed by atoms with E-state index in [9.17, 15) is 14.9 Å². The summed E-state index contributed by atoms with van der Waals surface area (Å²) >= 11 is 0. The Morgan fingerprint density at radius 2 is 1.96 bits per heavy atom. The van der Waals surface area contributed by atoms with Gasteiger partial charge in [-0.1, -0.05) is 0 Å². The number of hydrogen-bond acceptors (Lipinski definition) is 5. The predicted molar refractivity (Wildman–Crippen MR) is 83.6 cm³/mol. The van der Waals surface area contributed by atoms with E-state index in [0.29, 0.717) is 32.0 Å². The Morgan fingerprint density at radius 3 is 2.52 bits per heavy atom. The van der Waals surface area contributed by atoms with Crippen molar-refractivity contribution in [2.75, 3.05) is 26.2 Å². The molecular formula is C15H21N3O5. The number of hydrogen-bond donors (Lipinski definition) is 1. The fraction of sp³-hybridized carbons (Fsp3) is 0.533. The quantitative estimate of drug-likeness (QED) is 0.506. The van der Waals surface area contributed by atoms with Crippen LogP contribution in [0.1, 0.15) is 13.8 Å². The summed E-state index contributed by atoms with van der Waals surface area (Å²) in [6.45, 7) is 5.66. The van der Waals surface area contributed by atoms with Crippen molar-refractivity contribution in [2.45, 2.75) is 26.1 Å². The maximum Gasteiger partial charge on any atom is 0.317 e. The highest BCUT2D eigenvalue weighted by molar-refractivity contribution is 5.74. The van der Waals surface area contributed by atoms with Crippen molar-refractivity contribution in [2.24, 2.45) is 0 Å². The van der Waals surface area contributed by atoms with Crippen molar-refractivity contribution >= 4 is 11.7 Å². The highest BCUT2D eigenvalue weighted by Crippen LogP contribution is 2.17. The van der Waals surface area contributed by atoms with Gasteiger partial charge in [-0.15, -0.1) is 0 Å². The van der Waals surface area contributed by atoms with E-state index < -0.39 is 4.92 Å². The summed E-state index contributed by atoms with van der Waals surface area (Å²) in [5, 5.41) is 13.3. The summed E-state index contributed by atoms with van der Waals surface area (Å²) in [7, 11) is 0. The molecule has 1 aliphatic rings. The zero-order valence-electron chi connectivity index (χ0n) is 13.2. The monoisotopic (exact) mass is 323 g/mol. The third-order valence-electron chi connectivity index (χ3n) is 3.40. The maximum absolute atomic E-state index is 12.0. The zero-order chi connectivity index (χ0) is 16.8. The molecule has 2 atom stereocenters. The predicted octanol–water partition coefficient (Wildman–Crippen LogP) is 1.79. The molecule has 8 nitrogen and oxygen atoms in total. The van der Waals surface area contributed by atoms with Crippen molar-refractivity contribution in [3.05, 3.63) is 34.4 Å². The largest absolute Gasteiger partial charge is 0.492 e. The van der Waals surface area contributed by atoms with E-state index in [1.807, 2.05) is 13.8 Å². The smallest absolute Gasteiger partial charge is 0.317 e. The third kappa shape index (κ3) is 5.10. The Labute approximate surface area is 134 Å². The highest BCUT2D eigenvalue weighted by atomic mass is 16.6. The second-order valence-corrected chi connectivity index (χ2v) is 5.49. The molecule has 2 amide bonds. The molecule has 0 bridgehead atoms. The van der Waals surface area contributed by atoms with E-state index >= 15 is 0 Å². The molecule has 126 valence electrons. The average molecular weight is 323 g/mol. The van der Waals surface area contributed by atoms with Gasteiger partial charge in [-0.25, -0.2) is 4.79 Å². The molecule has 0 aliphatic carbocycles. The number of urea groups is 1. The molecular weight excluding hydrogens is 302 g/mol. The Hall–Kier alpha value is -2.35. The lowest BCUT2D eigenvalue weighted by molar-refractivity contribution is -0.384. The Morgan fingerprint density at radius 1 is 1.35 bits per heavy atom. The summed E-state index contributed by atoms with van der Waals surface area (Å²) in [6, 6.07) is 5.69. The number of carbonyl (C=O) groups excluding carboxylic acids is 1. The van der Waals surface area contributed by atoms with E-state index in [2.05, 4.69) is 5.32 Å². The SMILES string of the molecule is C[C@H]1CN(C(=O)NCCOc2ccc([N+](=O)[O-])cc2)C[C@H](C)O1. The molecule has 0 unspecified atom stereocenters. The number of benzene rings is 1. The van der Waals surface area contributed by atoms with Crippen molar-refractivity contribution in [1.29, 1.82) is 0 Å². The van der Waals surface area contributed by atoms with Crippen LogP contribution in [0.5, 0.6) is 5.75 Å². The summed E-state index contributed by atoms with van der Waals surface area (Å²) in [5.74, 6) is 0.526. The van der Waals surface area contributed by atoms with E-state index in [1.54, 1.807) is 4.90 Å². The minimum absolute atomic E-state index is 0.0150. The Kier molecular flexibility index (Phi) is 5.75. The van der Waals surface area contributed by atoms with Gasteiger partial charge in [-0.2, -0.15) is 0 Å². The molecule has 1 heterocycles. The van der Waals surface area contributed by atoms with Crippen LogP contribution in [0.15, 0.2) is 24.3 Å². The number of nitrogens with one attached hydrogen (secondary N) is 1.